The first-order valence-corrected chi connectivity index (χ1v) is 6.96. The zero-order valence-electron chi connectivity index (χ0n) is 12.3. The highest BCUT2D eigenvalue weighted by Gasteiger charge is 2.07. The zero-order chi connectivity index (χ0) is 15.1. The van der Waals surface area contributed by atoms with Gasteiger partial charge in [0.25, 0.3) is 5.91 Å². The first-order valence-electron chi connectivity index (χ1n) is 6.96. The van der Waals surface area contributed by atoms with Gasteiger partial charge in [0.05, 0.1) is 0 Å². The number of hydrogen-bond donors (Lipinski definition) is 2. The SMILES string of the molecule is CCCNc1ccc(C(=O)NCc2ccc(C)nc2)nn1. The number of hydrogen-bond acceptors (Lipinski definition) is 5. The lowest BCUT2D eigenvalue weighted by atomic mass is 10.2. The van der Waals surface area contributed by atoms with Crippen LogP contribution in [0.5, 0.6) is 0 Å². The Labute approximate surface area is 124 Å². The van der Waals surface area contributed by atoms with E-state index in [0.717, 1.165) is 24.2 Å². The van der Waals surface area contributed by atoms with Gasteiger partial charge in [0.1, 0.15) is 5.82 Å². The van der Waals surface area contributed by atoms with Crippen molar-refractivity contribution in [3.63, 3.8) is 0 Å². The fourth-order valence-electron chi connectivity index (χ4n) is 1.68. The molecule has 0 radical (unpaired) electrons. The maximum atomic E-state index is 12.0. The van der Waals surface area contributed by atoms with Gasteiger partial charge in [-0.25, -0.2) is 0 Å². The normalized spacial score (nSPS) is 10.2. The molecular weight excluding hydrogens is 266 g/mol. The number of amides is 1. The Morgan fingerprint density at radius 2 is 2.05 bits per heavy atom. The van der Waals surface area contributed by atoms with E-state index in [4.69, 9.17) is 0 Å². The molecule has 1 amide bonds. The van der Waals surface area contributed by atoms with Gasteiger partial charge in [-0.15, -0.1) is 10.2 Å². The van der Waals surface area contributed by atoms with Crippen LogP contribution in [0, 0.1) is 6.92 Å². The number of carbonyl (C=O) groups is 1. The number of pyridine rings is 1. The number of rotatable bonds is 6. The molecule has 0 saturated heterocycles. The largest absolute Gasteiger partial charge is 0.369 e. The first kappa shape index (κ1) is 14.9. The molecule has 6 heteroatoms. The van der Waals surface area contributed by atoms with Crippen molar-refractivity contribution in [1.29, 1.82) is 0 Å². The third-order valence-electron chi connectivity index (χ3n) is 2.88. The third-order valence-corrected chi connectivity index (χ3v) is 2.88. The second-order valence-electron chi connectivity index (χ2n) is 4.72. The molecule has 6 nitrogen and oxygen atoms in total. The molecule has 2 rings (SSSR count). The van der Waals surface area contributed by atoms with Crippen LogP contribution in [-0.4, -0.2) is 27.6 Å². The smallest absolute Gasteiger partial charge is 0.272 e. The number of anilines is 1. The molecule has 0 atom stereocenters. The topological polar surface area (TPSA) is 79.8 Å². The molecule has 0 aliphatic rings. The van der Waals surface area contributed by atoms with Crippen molar-refractivity contribution in [2.24, 2.45) is 0 Å². The van der Waals surface area contributed by atoms with Crippen molar-refractivity contribution in [3.8, 4) is 0 Å². The second kappa shape index (κ2) is 7.33. The van der Waals surface area contributed by atoms with Crippen LogP contribution in [0.1, 0.15) is 35.1 Å². The van der Waals surface area contributed by atoms with Crippen LogP contribution in [0.4, 0.5) is 5.82 Å². The quantitative estimate of drug-likeness (QED) is 0.847. The molecule has 0 aliphatic carbocycles. The van der Waals surface area contributed by atoms with E-state index >= 15 is 0 Å². The van der Waals surface area contributed by atoms with E-state index in [1.807, 2.05) is 19.1 Å². The molecule has 0 aromatic carbocycles. The minimum Gasteiger partial charge on any atom is -0.369 e. The van der Waals surface area contributed by atoms with Gasteiger partial charge in [-0.2, -0.15) is 0 Å². The van der Waals surface area contributed by atoms with E-state index in [0.29, 0.717) is 18.1 Å². The van der Waals surface area contributed by atoms with Gasteiger partial charge in [-0.1, -0.05) is 13.0 Å². The molecule has 2 N–H and O–H groups in total. The lowest BCUT2D eigenvalue weighted by molar-refractivity contribution is 0.0945. The molecule has 0 bridgehead atoms. The van der Waals surface area contributed by atoms with Crippen molar-refractivity contribution in [2.45, 2.75) is 26.8 Å². The number of aromatic nitrogens is 3. The van der Waals surface area contributed by atoms with Gasteiger partial charge in [0.2, 0.25) is 0 Å². The summed E-state index contributed by atoms with van der Waals surface area (Å²) >= 11 is 0. The molecular formula is C15H19N5O. The maximum Gasteiger partial charge on any atom is 0.272 e. The molecule has 0 fully saturated rings. The molecule has 0 aliphatic heterocycles. The fourth-order valence-corrected chi connectivity index (χ4v) is 1.68. The maximum absolute atomic E-state index is 12.0. The summed E-state index contributed by atoms with van der Waals surface area (Å²) in [5.74, 6) is 0.432. The summed E-state index contributed by atoms with van der Waals surface area (Å²) in [6.45, 7) is 5.25. The highest BCUT2D eigenvalue weighted by Crippen LogP contribution is 2.03. The van der Waals surface area contributed by atoms with E-state index < -0.39 is 0 Å². The third kappa shape index (κ3) is 4.52. The van der Waals surface area contributed by atoms with Crippen molar-refractivity contribution < 1.29 is 4.79 Å². The Hall–Kier alpha value is -2.50. The molecule has 0 spiro atoms. The van der Waals surface area contributed by atoms with Crippen molar-refractivity contribution in [2.75, 3.05) is 11.9 Å². The van der Waals surface area contributed by atoms with E-state index in [-0.39, 0.29) is 5.91 Å². The fraction of sp³-hybridized carbons (Fsp3) is 0.333. The zero-order valence-corrected chi connectivity index (χ0v) is 12.3. The minimum absolute atomic E-state index is 0.245. The standard InChI is InChI=1S/C15H19N5O/c1-3-8-16-14-7-6-13(19-20-14)15(21)18-10-12-5-4-11(2)17-9-12/h4-7,9H,3,8,10H2,1-2H3,(H,16,20)(H,18,21). The predicted molar refractivity (Wildman–Crippen MR) is 81.0 cm³/mol. The van der Waals surface area contributed by atoms with Gasteiger partial charge in [0.15, 0.2) is 5.69 Å². The van der Waals surface area contributed by atoms with Crippen molar-refractivity contribution >= 4 is 11.7 Å². The Balaban J connectivity index is 1.89. The molecule has 21 heavy (non-hydrogen) atoms. The Bertz CT molecular complexity index is 580. The van der Waals surface area contributed by atoms with Gasteiger partial charge in [-0.05, 0) is 37.1 Å². The predicted octanol–water partition coefficient (Wildman–Crippen LogP) is 1.93. The van der Waals surface area contributed by atoms with E-state index in [9.17, 15) is 4.79 Å². The molecule has 2 heterocycles. The van der Waals surface area contributed by atoms with E-state index in [1.54, 1.807) is 18.3 Å². The van der Waals surface area contributed by atoms with Crippen LogP contribution in [0.15, 0.2) is 30.5 Å². The highest BCUT2D eigenvalue weighted by molar-refractivity contribution is 5.92. The number of nitrogens with zero attached hydrogens (tertiary/aromatic N) is 3. The number of nitrogens with one attached hydrogen (secondary N) is 2. The van der Waals surface area contributed by atoms with Gasteiger partial charge in [-0.3, -0.25) is 9.78 Å². The van der Waals surface area contributed by atoms with Gasteiger partial charge in [0, 0.05) is 25.0 Å². The molecule has 0 unspecified atom stereocenters. The summed E-state index contributed by atoms with van der Waals surface area (Å²) in [4.78, 5) is 16.1. The van der Waals surface area contributed by atoms with Gasteiger partial charge < -0.3 is 10.6 Å². The summed E-state index contributed by atoms with van der Waals surface area (Å²) in [5.41, 5.74) is 2.20. The Morgan fingerprint density at radius 3 is 2.67 bits per heavy atom. The van der Waals surface area contributed by atoms with Crippen LogP contribution in [0.2, 0.25) is 0 Å². The van der Waals surface area contributed by atoms with Crippen LogP contribution in [-0.2, 0) is 6.54 Å². The molecule has 110 valence electrons. The van der Waals surface area contributed by atoms with Crippen LogP contribution in [0.25, 0.3) is 0 Å². The highest BCUT2D eigenvalue weighted by atomic mass is 16.1. The Morgan fingerprint density at radius 1 is 1.19 bits per heavy atom. The summed E-state index contributed by atoms with van der Waals surface area (Å²) in [5, 5.41) is 13.8. The summed E-state index contributed by atoms with van der Waals surface area (Å²) < 4.78 is 0. The van der Waals surface area contributed by atoms with E-state index in [2.05, 4.69) is 32.7 Å². The van der Waals surface area contributed by atoms with Crippen LogP contribution < -0.4 is 10.6 Å². The van der Waals surface area contributed by atoms with Crippen molar-refractivity contribution in [3.05, 3.63) is 47.4 Å². The summed E-state index contributed by atoms with van der Waals surface area (Å²) in [7, 11) is 0. The Kier molecular flexibility index (Phi) is 5.20. The van der Waals surface area contributed by atoms with Crippen LogP contribution >= 0.6 is 0 Å². The lowest BCUT2D eigenvalue weighted by Gasteiger charge is -2.06. The second-order valence-corrected chi connectivity index (χ2v) is 4.72. The van der Waals surface area contributed by atoms with Crippen molar-refractivity contribution in [1.82, 2.24) is 20.5 Å². The molecule has 2 aromatic rings. The number of aryl methyl sites for hydroxylation is 1. The monoisotopic (exact) mass is 285 g/mol. The average molecular weight is 285 g/mol. The summed E-state index contributed by atoms with van der Waals surface area (Å²) in [6, 6.07) is 7.26. The van der Waals surface area contributed by atoms with Crippen LogP contribution in [0.3, 0.4) is 0 Å². The molecule has 0 saturated carbocycles. The average Bonchev–Trinajstić information content (AvgIpc) is 2.52. The minimum atomic E-state index is -0.245. The number of carbonyl (C=O) groups excluding carboxylic acids is 1. The van der Waals surface area contributed by atoms with E-state index in [1.165, 1.54) is 0 Å². The van der Waals surface area contributed by atoms with Gasteiger partial charge >= 0.3 is 0 Å². The first-order chi connectivity index (χ1) is 10.2. The molecule has 2 aromatic heterocycles. The summed E-state index contributed by atoms with van der Waals surface area (Å²) in [6.07, 6.45) is 2.76. The lowest BCUT2D eigenvalue weighted by Crippen LogP contribution is -2.24.